The van der Waals surface area contributed by atoms with Crippen LogP contribution in [0.2, 0.25) is 0 Å². The van der Waals surface area contributed by atoms with Crippen molar-refractivity contribution in [2.24, 2.45) is 0 Å². The molecule has 0 saturated carbocycles. The summed E-state index contributed by atoms with van der Waals surface area (Å²) >= 11 is 0. The summed E-state index contributed by atoms with van der Waals surface area (Å²) in [5.74, 6) is 0. The lowest BCUT2D eigenvalue weighted by Crippen LogP contribution is -2.31. The van der Waals surface area contributed by atoms with E-state index < -0.39 is 12.2 Å². The normalized spacial score (nSPS) is 28.9. The van der Waals surface area contributed by atoms with Crippen LogP contribution in [0.15, 0.2) is 31.0 Å². The summed E-state index contributed by atoms with van der Waals surface area (Å²) < 4.78 is 5.69. The van der Waals surface area contributed by atoms with Crippen molar-refractivity contribution in [3.8, 4) is 0 Å². The first-order chi connectivity index (χ1) is 9.60. The van der Waals surface area contributed by atoms with Gasteiger partial charge in [0.25, 0.3) is 0 Å². The Bertz CT molecular complexity index is 567. The predicted molar refractivity (Wildman–Crippen MR) is 77.5 cm³/mol. The summed E-state index contributed by atoms with van der Waals surface area (Å²) in [7, 11) is 0. The number of aliphatic hydroxyl groups is 2. The average Bonchev–Trinajstić information content (AvgIpc) is 2.80. The first-order valence-corrected chi connectivity index (χ1v) is 6.81. The highest BCUT2D eigenvalue weighted by Crippen LogP contribution is 2.34. The van der Waals surface area contributed by atoms with Crippen LogP contribution in [0.1, 0.15) is 23.1 Å². The van der Waals surface area contributed by atoms with Crippen LogP contribution in [0.4, 0.5) is 0 Å². The first-order valence-electron chi connectivity index (χ1n) is 6.81. The van der Waals surface area contributed by atoms with Crippen molar-refractivity contribution in [1.29, 1.82) is 0 Å². The summed E-state index contributed by atoms with van der Waals surface area (Å²) in [5.41, 5.74) is 4.29. The van der Waals surface area contributed by atoms with Gasteiger partial charge in [-0.15, -0.1) is 0 Å². The Kier molecular flexibility index (Phi) is 3.38. The van der Waals surface area contributed by atoms with Crippen molar-refractivity contribution < 1.29 is 14.9 Å². The largest absolute Gasteiger partial charge is 0.394 e. The molecule has 0 aromatic heterocycles. The number of ether oxygens (including phenoxy) is 1. The molecule has 20 heavy (non-hydrogen) atoms. The quantitative estimate of drug-likeness (QED) is 0.861. The topological polar surface area (TPSA) is 52.9 Å². The van der Waals surface area contributed by atoms with E-state index >= 15 is 0 Å². The molecule has 1 aromatic rings. The molecule has 1 fully saturated rings. The van der Waals surface area contributed by atoms with Crippen molar-refractivity contribution in [1.82, 2.24) is 4.90 Å². The zero-order chi connectivity index (χ0) is 14.3. The maximum absolute atomic E-state index is 9.84. The molecule has 0 radical (unpaired) electrons. The number of hydrogen-bond acceptors (Lipinski definition) is 4. The highest BCUT2D eigenvalue weighted by molar-refractivity contribution is 5.77. The van der Waals surface area contributed by atoms with Gasteiger partial charge in [-0.1, -0.05) is 30.3 Å². The van der Waals surface area contributed by atoms with Crippen LogP contribution < -0.4 is 0 Å². The number of aryl methyl sites for hydroxylation is 1. The number of aliphatic hydroxyl groups excluding tert-OH is 2. The molecule has 4 nitrogen and oxygen atoms in total. The standard InChI is InChI=1S/C16H19NO3/c1-10-3-4-13-11(2)17(6-5-12(13)7-10)16-8-14(19)15(9-18)20-16/h3-7,14-16,18-19H,2,8-9H2,1H3/t14-,15-,16-/m1/s1. The zero-order valence-corrected chi connectivity index (χ0v) is 11.5. The molecule has 0 bridgehead atoms. The average molecular weight is 273 g/mol. The minimum Gasteiger partial charge on any atom is -0.394 e. The van der Waals surface area contributed by atoms with Crippen LogP contribution in [0.25, 0.3) is 11.8 Å². The Morgan fingerprint density at radius 2 is 2.25 bits per heavy atom. The predicted octanol–water partition coefficient (Wildman–Crippen LogP) is 1.72. The Labute approximate surface area is 118 Å². The van der Waals surface area contributed by atoms with E-state index in [0.717, 1.165) is 16.8 Å². The van der Waals surface area contributed by atoms with Gasteiger partial charge in [0.05, 0.1) is 12.7 Å². The van der Waals surface area contributed by atoms with Crippen molar-refractivity contribution in [3.63, 3.8) is 0 Å². The van der Waals surface area contributed by atoms with Gasteiger partial charge in [-0.2, -0.15) is 0 Å². The van der Waals surface area contributed by atoms with Crippen LogP contribution in [0.5, 0.6) is 0 Å². The maximum Gasteiger partial charge on any atom is 0.137 e. The van der Waals surface area contributed by atoms with Gasteiger partial charge in [-0.05, 0) is 18.6 Å². The molecule has 1 aromatic carbocycles. The van der Waals surface area contributed by atoms with Crippen LogP contribution in [-0.2, 0) is 4.74 Å². The van der Waals surface area contributed by atoms with E-state index in [-0.39, 0.29) is 12.8 Å². The van der Waals surface area contributed by atoms with E-state index in [9.17, 15) is 5.11 Å². The van der Waals surface area contributed by atoms with E-state index in [1.807, 2.05) is 17.2 Å². The lowest BCUT2D eigenvalue weighted by atomic mass is 9.98. The third-order valence-corrected chi connectivity index (χ3v) is 3.94. The first kappa shape index (κ1) is 13.4. The molecule has 2 N–H and O–H groups in total. The monoisotopic (exact) mass is 273 g/mol. The fourth-order valence-corrected chi connectivity index (χ4v) is 2.79. The summed E-state index contributed by atoms with van der Waals surface area (Å²) in [5, 5.41) is 19.0. The van der Waals surface area contributed by atoms with Gasteiger partial charge in [-0.25, -0.2) is 0 Å². The lowest BCUT2D eigenvalue weighted by Gasteiger charge is -2.32. The van der Waals surface area contributed by atoms with Gasteiger partial charge in [-0.3, -0.25) is 0 Å². The van der Waals surface area contributed by atoms with E-state index in [0.29, 0.717) is 6.42 Å². The molecule has 3 rings (SSSR count). The van der Waals surface area contributed by atoms with Gasteiger partial charge in [0.15, 0.2) is 0 Å². The molecule has 4 heteroatoms. The summed E-state index contributed by atoms with van der Waals surface area (Å²) in [6, 6.07) is 6.23. The van der Waals surface area contributed by atoms with E-state index in [4.69, 9.17) is 9.84 Å². The molecule has 0 spiro atoms. The highest BCUT2D eigenvalue weighted by Gasteiger charge is 2.37. The Morgan fingerprint density at radius 1 is 1.45 bits per heavy atom. The van der Waals surface area contributed by atoms with Crippen molar-refractivity contribution in [3.05, 3.63) is 47.7 Å². The fraction of sp³-hybridized carbons (Fsp3) is 0.375. The Hall–Kier alpha value is -1.62. The van der Waals surface area contributed by atoms with Gasteiger partial charge in [0, 0.05) is 23.9 Å². The second kappa shape index (κ2) is 5.05. The summed E-state index contributed by atoms with van der Waals surface area (Å²) in [6.45, 7) is 6.03. The molecule has 0 aliphatic carbocycles. The highest BCUT2D eigenvalue weighted by atomic mass is 16.5. The fourth-order valence-electron chi connectivity index (χ4n) is 2.79. The molecule has 3 atom stereocenters. The van der Waals surface area contributed by atoms with Crippen LogP contribution in [-0.4, -0.2) is 40.2 Å². The molecule has 1 saturated heterocycles. The molecular formula is C16H19NO3. The molecule has 2 aliphatic rings. The Morgan fingerprint density at radius 3 is 2.95 bits per heavy atom. The summed E-state index contributed by atoms with van der Waals surface area (Å²) in [6.07, 6.45) is 3.00. The molecular weight excluding hydrogens is 254 g/mol. The van der Waals surface area contributed by atoms with Gasteiger partial charge in [0.1, 0.15) is 12.3 Å². The number of nitrogens with zero attached hydrogens (tertiary/aromatic N) is 1. The molecule has 106 valence electrons. The maximum atomic E-state index is 9.84. The van der Waals surface area contributed by atoms with Crippen molar-refractivity contribution in [2.75, 3.05) is 6.61 Å². The zero-order valence-electron chi connectivity index (χ0n) is 11.5. The van der Waals surface area contributed by atoms with Crippen molar-refractivity contribution in [2.45, 2.75) is 31.8 Å². The second-order valence-electron chi connectivity index (χ2n) is 5.38. The van der Waals surface area contributed by atoms with Gasteiger partial charge >= 0.3 is 0 Å². The number of hydrogen-bond donors (Lipinski definition) is 2. The molecule has 0 amide bonds. The molecule has 2 heterocycles. The van der Waals surface area contributed by atoms with E-state index in [1.165, 1.54) is 5.56 Å². The summed E-state index contributed by atoms with van der Waals surface area (Å²) in [4.78, 5) is 1.93. The smallest absolute Gasteiger partial charge is 0.137 e. The number of fused-ring (bicyclic) bond motifs is 1. The van der Waals surface area contributed by atoms with Crippen LogP contribution >= 0.6 is 0 Å². The third kappa shape index (κ3) is 2.16. The van der Waals surface area contributed by atoms with Gasteiger partial charge in [0.2, 0.25) is 0 Å². The van der Waals surface area contributed by atoms with Crippen molar-refractivity contribution >= 4 is 11.8 Å². The van der Waals surface area contributed by atoms with E-state index in [1.54, 1.807) is 0 Å². The van der Waals surface area contributed by atoms with Crippen LogP contribution in [0.3, 0.4) is 0 Å². The van der Waals surface area contributed by atoms with Gasteiger partial charge < -0.3 is 19.8 Å². The molecule has 2 aliphatic heterocycles. The second-order valence-corrected chi connectivity index (χ2v) is 5.38. The Balaban J connectivity index is 1.85. The third-order valence-electron chi connectivity index (χ3n) is 3.94. The lowest BCUT2D eigenvalue weighted by molar-refractivity contribution is -0.0505. The molecule has 0 unspecified atom stereocenters. The minimum absolute atomic E-state index is 0.169. The number of rotatable bonds is 2. The van der Waals surface area contributed by atoms with Crippen LogP contribution in [0, 0.1) is 6.92 Å². The van der Waals surface area contributed by atoms with E-state index in [2.05, 4.69) is 31.7 Å². The number of benzene rings is 1. The SMILES string of the molecule is C=C1c2ccc(C)cc2C=CN1[C@H]1C[C@@H](O)[C@@H](CO)O1. The minimum atomic E-state index is -0.634.